The van der Waals surface area contributed by atoms with Crippen LogP contribution in [-0.2, 0) is 6.42 Å². The van der Waals surface area contributed by atoms with Gasteiger partial charge in [-0.05, 0) is 43.0 Å². The van der Waals surface area contributed by atoms with Crippen LogP contribution in [0, 0.1) is 12.3 Å². The van der Waals surface area contributed by atoms with Gasteiger partial charge in [-0.2, -0.15) is 5.10 Å². The number of nitrogens with one attached hydrogen (secondary N) is 1. The molecule has 1 aromatic heterocycles. The first-order valence-corrected chi connectivity index (χ1v) is 12.0. The summed E-state index contributed by atoms with van der Waals surface area (Å²) in [4.78, 5) is 17.7. The zero-order valence-electron chi connectivity index (χ0n) is 20.2. The highest BCUT2D eigenvalue weighted by molar-refractivity contribution is 6.07. The van der Waals surface area contributed by atoms with Crippen LogP contribution in [-0.4, -0.2) is 42.7 Å². The maximum Gasteiger partial charge on any atom is 0.289 e. The van der Waals surface area contributed by atoms with Crippen molar-refractivity contribution in [1.82, 2.24) is 4.90 Å². The first-order chi connectivity index (χ1) is 16.4. The van der Waals surface area contributed by atoms with E-state index in [1.165, 1.54) is 5.69 Å². The van der Waals surface area contributed by atoms with Gasteiger partial charge in [0, 0.05) is 49.4 Å². The van der Waals surface area contributed by atoms with Crippen LogP contribution in [0.3, 0.4) is 0 Å². The summed E-state index contributed by atoms with van der Waals surface area (Å²) in [7, 11) is 0. The lowest BCUT2D eigenvalue weighted by molar-refractivity contribution is 0.0710. The van der Waals surface area contributed by atoms with E-state index in [0.29, 0.717) is 18.8 Å². The van der Waals surface area contributed by atoms with Crippen LogP contribution in [0.15, 0.2) is 70.2 Å². The highest BCUT2D eigenvalue weighted by atomic mass is 16.4. The van der Waals surface area contributed by atoms with Crippen molar-refractivity contribution in [3.63, 3.8) is 0 Å². The molecule has 2 aromatic carbocycles. The predicted octanol–water partition coefficient (Wildman–Crippen LogP) is 5.34. The molecule has 34 heavy (non-hydrogen) atoms. The lowest BCUT2D eigenvalue weighted by Gasteiger charge is -2.35. The third kappa shape index (κ3) is 4.45. The Morgan fingerprint density at radius 1 is 0.941 bits per heavy atom. The predicted molar refractivity (Wildman–Crippen MR) is 137 cm³/mol. The van der Waals surface area contributed by atoms with E-state index in [1.807, 2.05) is 48.2 Å². The summed E-state index contributed by atoms with van der Waals surface area (Å²) in [5, 5.41) is 4.76. The van der Waals surface area contributed by atoms with Gasteiger partial charge in [0.1, 0.15) is 5.76 Å². The number of anilines is 2. The fraction of sp³-hybridized carbons (Fsp3) is 0.357. The Morgan fingerprint density at radius 3 is 2.26 bits per heavy atom. The van der Waals surface area contributed by atoms with Gasteiger partial charge in [-0.3, -0.25) is 10.2 Å². The minimum atomic E-state index is -0.0206. The topological polar surface area (TPSA) is 61.1 Å². The third-order valence-electron chi connectivity index (χ3n) is 6.77. The lowest BCUT2D eigenvalue weighted by Crippen LogP contribution is -2.48. The summed E-state index contributed by atoms with van der Waals surface area (Å²) in [5.41, 5.74) is 8.18. The average Bonchev–Trinajstić information content (AvgIpc) is 3.18. The number of para-hydroxylation sites is 2. The molecule has 176 valence electrons. The standard InChI is InChI=1S/C28H32N4O2/c1-20-25-23(30-29-21-10-6-4-7-11-21)18-28(2,3)19-24(25)34-26(20)27(33)32-16-14-31(15-17-32)22-12-8-5-9-13-22/h4-13,29H,14-19H2,1-3H3/b30-23-. The van der Waals surface area contributed by atoms with E-state index in [1.54, 1.807) is 0 Å². The number of hydrazone groups is 1. The molecule has 2 aliphatic rings. The van der Waals surface area contributed by atoms with Crippen LogP contribution in [0.1, 0.15) is 47.7 Å². The molecule has 0 radical (unpaired) electrons. The van der Waals surface area contributed by atoms with Gasteiger partial charge in [-0.25, -0.2) is 0 Å². The molecule has 0 bridgehead atoms. The Hall–Kier alpha value is -3.54. The molecular formula is C28H32N4O2. The number of hydrogen-bond acceptors (Lipinski definition) is 5. The van der Waals surface area contributed by atoms with Gasteiger partial charge in [-0.1, -0.05) is 50.2 Å². The highest BCUT2D eigenvalue weighted by Gasteiger charge is 2.37. The minimum absolute atomic E-state index is 0.0100. The van der Waals surface area contributed by atoms with Crippen LogP contribution >= 0.6 is 0 Å². The van der Waals surface area contributed by atoms with E-state index in [2.05, 4.69) is 48.4 Å². The summed E-state index contributed by atoms with van der Waals surface area (Å²) >= 11 is 0. The second-order valence-electron chi connectivity index (χ2n) is 10.0. The fourth-order valence-corrected chi connectivity index (χ4v) is 5.01. The Morgan fingerprint density at radius 2 is 1.59 bits per heavy atom. The van der Waals surface area contributed by atoms with Crippen molar-refractivity contribution >= 4 is 23.0 Å². The van der Waals surface area contributed by atoms with E-state index in [4.69, 9.17) is 9.52 Å². The summed E-state index contributed by atoms with van der Waals surface area (Å²) in [6, 6.07) is 20.3. The molecule has 1 amide bonds. The highest BCUT2D eigenvalue weighted by Crippen LogP contribution is 2.39. The Balaban J connectivity index is 1.37. The van der Waals surface area contributed by atoms with Crippen molar-refractivity contribution in [1.29, 1.82) is 0 Å². The normalized spacial score (nSPS) is 18.6. The van der Waals surface area contributed by atoms with Gasteiger partial charge in [0.25, 0.3) is 5.91 Å². The van der Waals surface area contributed by atoms with Crippen LogP contribution in [0.25, 0.3) is 0 Å². The van der Waals surface area contributed by atoms with Crippen molar-refractivity contribution in [3.05, 3.63) is 83.3 Å². The molecular weight excluding hydrogens is 424 g/mol. The van der Waals surface area contributed by atoms with Crippen LogP contribution in [0.4, 0.5) is 11.4 Å². The Bertz CT molecular complexity index is 1190. The summed E-state index contributed by atoms with van der Waals surface area (Å²) in [6.07, 6.45) is 1.62. The smallest absolute Gasteiger partial charge is 0.289 e. The number of rotatable bonds is 4. The second kappa shape index (κ2) is 9.01. The van der Waals surface area contributed by atoms with Gasteiger partial charge in [0.15, 0.2) is 5.76 Å². The number of carbonyl (C=O) groups excluding carboxylic acids is 1. The molecule has 1 saturated heterocycles. The van der Waals surface area contributed by atoms with Crippen LogP contribution < -0.4 is 10.3 Å². The number of carbonyl (C=O) groups is 1. The largest absolute Gasteiger partial charge is 0.455 e. The van der Waals surface area contributed by atoms with Crippen molar-refractivity contribution in [2.45, 2.75) is 33.6 Å². The molecule has 5 rings (SSSR count). The van der Waals surface area contributed by atoms with Crippen molar-refractivity contribution in [2.24, 2.45) is 10.5 Å². The molecule has 1 N–H and O–H groups in total. The number of benzene rings is 2. The van der Waals surface area contributed by atoms with Crippen molar-refractivity contribution in [3.8, 4) is 0 Å². The van der Waals surface area contributed by atoms with Gasteiger partial charge in [-0.15, -0.1) is 0 Å². The Kier molecular flexibility index (Phi) is 5.90. The molecule has 0 unspecified atom stereocenters. The lowest BCUT2D eigenvalue weighted by atomic mass is 9.75. The number of piperazine rings is 1. The third-order valence-corrected chi connectivity index (χ3v) is 6.77. The summed E-state index contributed by atoms with van der Waals surface area (Å²) in [5.74, 6) is 1.31. The average molecular weight is 457 g/mol. The molecule has 1 fully saturated rings. The number of amides is 1. The molecule has 0 saturated carbocycles. The zero-order valence-corrected chi connectivity index (χ0v) is 20.2. The van der Waals surface area contributed by atoms with Crippen molar-refractivity contribution < 1.29 is 9.21 Å². The number of hydrogen-bond donors (Lipinski definition) is 1. The van der Waals surface area contributed by atoms with Gasteiger partial charge in [0.05, 0.1) is 11.4 Å². The SMILES string of the molecule is Cc1c(C(=O)N2CCN(c3ccccc3)CC2)oc2c1/C(=N\Nc1ccccc1)CC(C)(C)C2. The van der Waals surface area contributed by atoms with Gasteiger partial charge >= 0.3 is 0 Å². The van der Waals surface area contributed by atoms with Crippen LogP contribution in [0.2, 0.25) is 0 Å². The number of furan rings is 1. The van der Waals surface area contributed by atoms with E-state index in [0.717, 1.165) is 54.2 Å². The molecule has 0 atom stereocenters. The molecule has 6 nitrogen and oxygen atoms in total. The first kappa shape index (κ1) is 22.3. The van der Waals surface area contributed by atoms with Gasteiger partial charge < -0.3 is 14.2 Å². The Labute approximate surface area is 201 Å². The molecule has 1 aliphatic heterocycles. The molecule has 0 spiro atoms. The maximum atomic E-state index is 13.5. The summed E-state index contributed by atoms with van der Waals surface area (Å²) in [6.45, 7) is 9.42. The van der Waals surface area contributed by atoms with Crippen LogP contribution in [0.5, 0.6) is 0 Å². The monoisotopic (exact) mass is 456 g/mol. The van der Waals surface area contributed by atoms with Gasteiger partial charge in [0.2, 0.25) is 0 Å². The number of fused-ring (bicyclic) bond motifs is 1. The molecule has 3 aromatic rings. The second-order valence-corrected chi connectivity index (χ2v) is 10.0. The minimum Gasteiger partial charge on any atom is -0.455 e. The van der Waals surface area contributed by atoms with E-state index in [-0.39, 0.29) is 11.3 Å². The first-order valence-electron chi connectivity index (χ1n) is 12.0. The molecule has 6 heteroatoms. The zero-order chi connectivity index (χ0) is 23.7. The number of nitrogens with zero attached hydrogens (tertiary/aromatic N) is 3. The molecule has 2 heterocycles. The van der Waals surface area contributed by atoms with E-state index in [9.17, 15) is 4.79 Å². The maximum absolute atomic E-state index is 13.5. The van der Waals surface area contributed by atoms with Crippen molar-refractivity contribution in [2.75, 3.05) is 36.5 Å². The fourth-order valence-electron chi connectivity index (χ4n) is 5.01. The molecule has 1 aliphatic carbocycles. The summed E-state index contributed by atoms with van der Waals surface area (Å²) < 4.78 is 6.27. The quantitative estimate of drug-likeness (QED) is 0.539. The van der Waals surface area contributed by atoms with E-state index >= 15 is 0 Å². The van der Waals surface area contributed by atoms with E-state index < -0.39 is 0 Å².